The van der Waals surface area contributed by atoms with E-state index in [1.807, 2.05) is 5.38 Å². The van der Waals surface area contributed by atoms with Crippen LogP contribution in [-0.4, -0.2) is 26.9 Å². The summed E-state index contributed by atoms with van der Waals surface area (Å²) in [6.45, 7) is 3.84. The van der Waals surface area contributed by atoms with Crippen LogP contribution in [0, 0.1) is 0 Å². The normalized spacial score (nSPS) is 10.6. The van der Waals surface area contributed by atoms with Crippen molar-refractivity contribution in [2.45, 2.75) is 13.5 Å². The van der Waals surface area contributed by atoms with Crippen LogP contribution in [-0.2, 0) is 6.54 Å². The topological polar surface area (TPSA) is 66.5 Å². The van der Waals surface area contributed by atoms with E-state index in [-0.39, 0.29) is 0 Å². The summed E-state index contributed by atoms with van der Waals surface area (Å²) in [6, 6.07) is 0. The van der Waals surface area contributed by atoms with Crippen molar-refractivity contribution in [1.82, 2.24) is 25.7 Å². The zero-order valence-electron chi connectivity index (χ0n) is 7.82. The fourth-order valence-corrected chi connectivity index (χ4v) is 1.84. The van der Waals surface area contributed by atoms with Gasteiger partial charge in [-0.1, -0.05) is 6.92 Å². The molecule has 0 bridgehead atoms. The molecule has 0 aliphatic heterocycles. The lowest BCUT2D eigenvalue weighted by atomic mass is 10.4. The maximum Gasteiger partial charge on any atom is 0.145 e. The van der Waals surface area contributed by atoms with Crippen LogP contribution < -0.4 is 5.32 Å². The Bertz CT molecular complexity index is 380. The zero-order chi connectivity index (χ0) is 9.80. The molecule has 74 valence electrons. The van der Waals surface area contributed by atoms with Gasteiger partial charge in [0.05, 0.1) is 11.9 Å². The fourth-order valence-electron chi connectivity index (χ4n) is 1.06. The first-order valence-corrected chi connectivity index (χ1v) is 5.29. The van der Waals surface area contributed by atoms with Gasteiger partial charge in [-0.15, -0.1) is 11.3 Å². The number of hydrogen-bond acceptors (Lipinski definition) is 5. The molecule has 0 fully saturated rings. The number of H-pyrrole nitrogens is 1. The summed E-state index contributed by atoms with van der Waals surface area (Å²) in [7, 11) is 0. The number of aromatic amines is 1. The molecule has 0 aromatic carbocycles. The number of thiazole rings is 1. The van der Waals surface area contributed by atoms with Gasteiger partial charge >= 0.3 is 0 Å². The predicted octanol–water partition coefficient (Wildman–Crippen LogP) is 1.04. The van der Waals surface area contributed by atoms with Gasteiger partial charge < -0.3 is 5.32 Å². The average Bonchev–Trinajstić information content (AvgIpc) is 2.85. The van der Waals surface area contributed by atoms with Crippen molar-refractivity contribution in [2.24, 2.45) is 0 Å². The minimum absolute atomic E-state index is 0.803. The quantitative estimate of drug-likeness (QED) is 0.789. The van der Waals surface area contributed by atoms with E-state index in [0.29, 0.717) is 0 Å². The molecule has 0 aliphatic carbocycles. The van der Waals surface area contributed by atoms with Crippen molar-refractivity contribution in [3.63, 3.8) is 0 Å². The standard InChI is InChI=1S/C8H11N5S/c1-2-9-3-6-5-14-8(11-6)7-4-10-13-12-7/h4-5,9H,2-3H2,1H3,(H,10,12,13). The van der Waals surface area contributed by atoms with Crippen molar-refractivity contribution in [2.75, 3.05) is 6.54 Å². The average molecular weight is 209 g/mol. The Morgan fingerprint density at radius 2 is 2.50 bits per heavy atom. The molecule has 0 atom stereocenters. The van der Waals surface area contributed by atoms with Crippen LogP contribution in [0.15, 0.2) is 11.6 Å². The molecule has 2 heterocycles. The maximum atomic E-state index is 4.42. The highest BCUT2D eigenvalue weighted by Crippen LogP contribution is 2.20. The molecule has 0 saturated heterocycles. The van der Waals surface area contributed by atoms with Crippen LogP contribution in [0.1, 0.15) is 12.6 Å². The number of nitrogens with one attached hydrogen (secondary N) is 2. The van der Waals surface area contributed by atoms with Crippen LogP contribution in [0.2, 0.25) is 0 Å². The van der Waals surface area contributed by atoms with E-state index in [1.165, 1.54) is 0 Å². The summed E-state index contributed by atoms with van der Waals surface area (Å²) in [6.07, 6.45) is 1.68. The van der Waals surface area contributed by atoms with Crippen molar-refractivity contribution < 1.29 is 0 Å². The molecule has 0 spiro atoms. The Morgan fingerprint density at radius 1 is 1.57 bits per heavy atom. The second-order valence-corrected chi connectivity index (χ2v) is 3.64. The van der Waals surface area contributed by atoms with Gasteiger partial charge in [0.2, 0.25) is 0 Å². The second-order valence-electron chi connectivity index (χ2n) is 2.78. The van der Waals surface area contributed by atoms with E-state index >= 15 is 0 Å². The van der Waals surface area contributed by atoms with Crippen molar-refractivity contribution in [3.05, 3.63) is 17.3 Å². The fraction of sp³-hybridized carbons (Fsp3) is 0.375. The Balaban J connectivity index is 2.10. The van der Waals surface area contributed by atoms with E-state index in [2.05, 4.69) is 32.6 Å². The Kier molecular flexibility index (Phi) is 2.85. The third-order valence-corrected chi connectivity index (χ3v) is 2.66. The van der Waals surface area contributed by atoms with Gasteiger partial charge in [-0.3, -0.25) is 0 Å². The molecule has 0 aliphatic rings. The van der Waals surface area contributed by atoms with Crippen LogP contribution in [0.3, 0.4) is 0 Å². The van der Waals surface area contributed by atoms with Gasteiger partial charge in [-0.2, -0.15) is 15.4 Å². The third kappa shape index (κ3) is 1.97. The Labute approximate surface area is 85.6 Å². The van der Waals surface area contributed by atoms with E-state index in [1.54, 1.807) is 17.5 Å². The molecule has 6 heteroatoms. The summed E-state index contributed by atoms with van der Waals surface area (Å²) in [5, 5.41) is 16.5. The Morgan fingerprint density at radius 3 is 3.21 bits per heavy atom. The smallest absolute Gasteiger partial charge is 0.145 e. The van der Waals surface area contributed by atoms with E-state index in [0.717, 1.165) is 29.5 Å². The summed E-state index contributed by atoms with van der Waals surface area (Å²) >= 11 is 1.58. The molecule has 0 unspecified atom stereocenters. The zero-order valence-corrected chi connectivity index (χ0v) is 8.64. The summed E-state index contributed by atoms with van der Waals surface area (Å²) in [5.74, 6) is 0. The molecule has 2 aromatic heterocycles. The third-order valence-electron chi connectivity index (χ3n) is 1.74. The molecule has 0 amide bonds. The highest BCUT2D eigenvalue weighted by Gasteiger charge is 2.05. The lowest BCUT2D eigenvalue weighted by molar-refractivity contribution is 0.714. The van der Waals surface area contributed by atoms with Crippen LogP contribution in [0.4, 0.5) is 0 Å². The molecule has 14 heavy (non-hydrogen) atoms. The summed E-state index contributed by atoms with van der Waals surface area (Å²) in [4.78, 5) is 4.42. The first-order valence-electron chi connectivity index (χ1n) is 4.41. The largest absolute Gasteiger partial charge is 0.311 e. The number of aromatic nitrogens is 4. The maximum absolute atomic E-state index is 4.42. The predicted molar refractivity (Wildman–Crippen MR) is 54.9 cm³/mol. The van der Waals surface area contributed by atoms with Crippen LogP contribution >= 0.6 is 11.3 Å². The number of nitrogens with zero attached hydrogens (tertiary/aromatic N) is 3. The molecule has 0 radical (unpaired) electrons. The molecule has 2 aromatic rings. The van der Waals surface area contributed by atoms with Gasteiger partial charge in [-0.25, -0.2) is 4.98 Å². The molecule has 2 N–H and O–H groups in total. The van der Waals surface area contributed by atoms with E-state index in [9.17, 15) is 0 Å². The van der Waals surface area contributed by atoms with Crippen LogP contribution in [0.25, 0.3) is 10.7 Å². The van der Waals surface area contributed by atoms with Crippen molar-refractivity contribution in [1.29, 1.82) is 0 Å². The number of hydrogen-bond donors (Lipinski definition) is 2. The minimum Gasteiger partial charge on any atom is -0.311 e. The van der Waals surface area contributed by atoms with Gasteiger partial charge in [0, 0.05) is 11.9 Å². The van der Waals surface area contributed by atoms with E-state index in [4.69, 9.17) is 0 Å². The SMILES string of the molecule is CCNCc1csc(-c2cn[nH]n2)n1. The first-order chi connectivity index (χ1) is 6.90. The summed E-state index contributed by atoms with van der Waals surface area (Å²) in [5.41, 5.74) is 1.85. The van der Waals surface area contributed by atoms with Crippen molar-refractivity contribution in [3.8, 4) is 10.7 Å². The molecular formula is C8H11N5S. The monoisotopic (exact) mass is 209 g/mol. The highest BCUT2D eigenvalue weighted by molar-refractivity contribution is 7.13. The lowest BCUT2D eigenvalue weighted by Gasteiger charge is -1.94. The second kappa shape index (κ2) is 4.30. The van der Waals surface area contributed by atoms with Gasteiger partial charge in [0.15, 0.2) is 0 Å². The first kappa shape index (κ1) is 9.29. The molecule has 5 nitrogen and oxygen atoms in total. The lowest BCUT2D eigenvalue weighted by Crippen LogP contribution is -2.11. The Hall–Kier alpha value is -1.27. The highest BCUT2D eigenvalue weighted by atomic mass is 32.1. The molecular weight excluding hydrogens is 198 g/mol. The van der Waals surface area contributed by atoms with Gasteiger partial charge in [0.1, 0.15) is 10.7 Å². The van der Waals surface area contributed by atoms with Crippen LogP contribution in [0.5, 0.6) is 0 Å². The van der Waals surface area contributed by atoms with Crippen molar-refractivity contribution >= 4 is 11.3 Å². The van der Waals surface area contributed by atoms with Gasteiger partial charge in [-0.05, 0) is 6.54 Å². The minimum atomic E-state index is 0.803. The molecule has 2 rings (SSSR count). The van der Waals surface area contributed by atoms with E-state index < -0.39 is 0 Å². The van der Waals surface area contributed by atoms with Gasteiger partial charge in [0.25, 0.3) is 0 Å². The number of rotatable bonds is 4. The summed E-state index contributed by atoms with van der Waals surface area (Å²) < 4.78 is 0. The molecule has 0 saturated carbocycles.